The molecule has 1 N–H and O–H groups in total. The lowest BCUT2D eigenvalue weighted by molar-refractivity contribution is 0.0555. The molecule has 11 rings (SSSR count). The van der Waals surface area contributed by atoms with Crippen molar-refractivity contribution in [2.75, 3.05) is 0 Å². The summed E-state index contributed by atoms with van der Waals surface area (Å²) in [7, 11) is 0. The van der Waals surface area contributed by atoms with E-state index in [1.54, 1.807) is 60.7 Å². The van der Waals surface area contributed by atoms with Crippen LogP contribution in [0.15, 0.2) is 146 Å². The highest BCUT2D eigenvalue weighted by atomic mass is 16.2. The quantitative estimate of drug-likeness (QED) is 0.120. The van der Waals surface area contributed by atoms with Crippen molar-refractivity contribution >= 4 is 74.6 Å². The average molecular weight is 1200 g/mol. The van der Waals surface area contributed by atoms with Gasteiger partial charge in [-0.05, 0) is 146 Å². The standard InChI is InChI=1S/2C15H13NO2.C12H15NO2.C11H11NO2.C11H13NO.5C2H6/c1-9(2)16-14(17)11-7-3-5-10-6-4-8-12(13(10)11)15(16)18;1-9(2)16-14(17)12-7-10-5-3-4-6-11(10)8-13(12)15(16)18;1-8(2)13-12(15)11-7-5-4-6-10(11)9(3)14;1-7(2)12-10(13)8-5-3-4-6-9(8)11(12)14;1-8(2)12-7-9-5-3-4-6-10(9)11(12)13;5*1-2/h2*3-9H,1-2H3;4-8H,1-3H3,(H,13,15);3-7H,1-2H3;3-6,8H,7H2,1-2H3;5*1-2H3. The molecule has 470 valence electrons. The van der Waals surface area contributed by atoms with Gasteiger partial charge in [0, 0.05) is 64.4 Å². The summed E-state index contributed by atoms with van der Waals surface area (Å²) < 4.78 is 0. The van der Waals surface area contributed by atoms with Gasteiger partial charge in [-0.25, -0.2) is 0 Å². The van der Waals surface area contributed by atoms with E-state index in [1.807, 2.05) is 228 Å². The molecule has 0 spiro atoms. The van der Waals surface area contributed by atoms with E-state index in [-0.39, 0.29) is 77.2 Å². The van der Waals surface area contributed by atoms with Crippen LogP contribution in [0.2, 0.25) is 0 Å². The molecule has 4 aliphatic rings. The van der Waals surface area contributed by atoms with Crippen LogP contribution in [0.3, 0.4) is 0 Å². The molecule has 0 atom stereocenters. The normalized spacial score (nSPS) is 12.8. The lowest BCUT2D eigenvalue weighted by Crippen LogP contribution is -2.44. The fourth-order valence-electron chi connectivity index (χ4n) is 9.63. The smallest absolute Gasteiger partial charge is 0.261 e. The highest BCUT2D eigenvalue weighted by Gasteiger charge is 2.39. The van der Waals surface area contributed by atoms with E-state index < -0.39 is 0 Å². The lowest BCUT2D eigenvalue weighted by Gasteiger charge is -2.30. The van der Waals surface area contributed by atoms with Crippen molar-refractivity contribution in [1.29, 1.82) is 0 Å². The number of hydrogen-bond acceptors (Lipinski definition) is 9. The SMILES string of the molecule is CC.CC.CC.CC.CC.CC(=O)c1ccccc1C(=O)NC(C)C.CC(C)N1C(=O)c2cc3ccccc3cc2C1=O.CC(C)N1C(=O)c2cccc3cccc(c23)C1=O.CC(C)N1C(=O)c2ccccc2C1=O.CC(C)N1Cc2ccccc2C1=O. The predicted octanol–water partition coefficient (Wildman–Crippen LogP) is 16.6. The molecule has 14 heteroatoms. The molecule has 0 saturated heterocycles. The maximum absolute atomic E-state index is 12.4. The first-order valence-electron chi connectivity index (χ1n) is 31.1. The van der Waals surface area contributed by atoms with Gasteiger partial charge in [-0.3, -0.25) is 57.9 Å². The molecule has 0 saturated carbocycles. The summed E-state index contributed by atoms with van der Waals surface area (Å²) in [6.45, 7) is 41.2. The summed E-state index contributed by atoms with van der Waals surface area (Å²) in [5, 5.41) is 6.47. The minimum atomic E-state index is -0.198. The first-order chi connectivity index (χ1) is 42.0. The number of carbonyl (C=O) groups excluding carboxylic acids is 9. The van der Waals surface area contributed by atoms with Crippen molar-refractivity contribution < 1.29 is 43.2 Å². The zero-order valence-corrected chi connectivity index (χ0v) is 55.9. The average Bonchev–Trinajstić information content (AvgIpc) is 2.81. The molecule has 0 aliphatic carbocycles. The summed E-state index contributed by atoms with van der Waals surface area (Å²) >= 11 is 0. The van der Waals surface area contributed by atoms with E-state index in [4.69, 9.17) is 0 Å². The van der Waals surface area contributed by atoms with E-state index in [0.717, 1.165) is 39.2 Å². The molecule has 0 radical (unpaired) electrons. The number of nitrogens with one attached hydrogen (secondary N) is 1. The number of nitrogens with zero attached hydrogens (tertiary/aromatic N) is 4. The third-order valence-electron chi connectivity index (χ3n) is 13.4. The Morgan fingerprint density at radius 2 is 0.670 bits per heavy atom. The van der Waals surface area contributed by atoms with Gasteiger partial charge in [-0.2, -0.15) is 0 Å². The van der Waals surface area contributed by atoms with Gasteiger partial charge in [0.1, 0.15) is 0 Å². The van der Waals surface area contributed by atoms with Crippen LogP contribution in [0.1, 0.15) is 244 Å². The predicted molar refractivity (Wildman–Crippen MR) is 358 cm³/mol. The van der Waals surface area contributed by atoms with E-state index in [0.29, 0.717) is 50.5 Å². The molecule has 4 aliphatic heterocycles. The number of rotatable bonds is 7. The maximum Gasteiger partial charge on any atom is 0.261 e. The van der Waals surface area contributed by atoms with E-state index in [9.17, 15) is 43.2 Å². The van der Waals surface area contributed by atoms with Gasteiger partial charge >= 0.3 is 0 Å². The van der Waals surface area contributed by atoms with E-state index >= 15 is 0 Å². The molecule has 0 aromatic heterocycles. The van der Waals surface area contributed by atoms with Crippen molar-refractivity contribution in [3.63, 3.8) is 0 Å². The van der Waals surface area contributed by atoms with Crippen molar-refractivity contribution in [2.24, 2.45) is 0 Å². The van der Waals surface area contributed by atoms with Crippen LogP contribution in [0.4, 0.5) is 0 Å². The van der Waals surface area contributed by atoms with Crippen LogP contribution in [0.5, 0.6) is 0 Å². The van der Waals surface area contributed by atoms with Crippen molar-refractivity contribution in [1.82, 2.24) is 24.9 Å². The Labute approximate surface area is 523 Å². The molecule has 4 heterocycles. The Balaban J connectivity index is 0.000000363. The number of imide groups is 3. The summed E-state index contributed by atoms with van der Waals surface area (Å²) in [6, 6.07) is 44.1. The number of benzene rings is 7. The van der Waals surface area contributed by atoms with Gasteiger partial charge in [0.2, 0.25) is 0 Å². The van der Waals surface area contributed by atoms with Gasteiger partial charge < -0.3 is 10.2 Å². The van der Waals surface area contributed by atoms with Crippen LogP contribution < -0.4 is 5.32 Å². The number of Topliss-reactive ketones (excluding diaryl/α,β-unsaturated/α-hetero) is 1. The highest BCUT2D eigenvalue weighted by Crippen LogP contribution is 2.32. The van der Waals surface area contributed by atoms with Crippen molar-refractivity contribution in [3.8, 4) is 0 Å². The highest BCUT2D eigenvalue weighted by molar-refractivity contribution is 6.26. The Morgan fingerprint density at radius 3 is 1.03 bits per heavy atom. The Bertz CT molecular complexity index is 3400. The fourth-order valence-corrected chi connectivity index (χ4v) is 9.63. The number of hydrogen-bond donors (Lipinski definition) is 1. The lowest BCUT2D eigenvalue weighted by atomic mass is 9.93. The zero-order chi connectivity index (χ0) is 66.9. The van der Waals surface area contributed by atoms with Crippen LogP contribution in [0.25, 0.3) is 21.5 Å². The van der Waals surface area contributed by atoms with Crippen LogP contribution in [0, 0.1) is 0 Å². The van der Waals surface area contributed by atoms with Crippen molar-refractivity contribution in [2.45, 2.75) is 182 Å². The number of fused-ring (bicyclic) bond motifs is 4. The topological polar surface area (TPSA) is 179 Å². The van der Waals surface area contributed by atoms with Crippen LogP contribution >= 0.6 is 0 Å². The first kappa shape index (κ1) is 75.2. The minimum Gasteiger partial charge on any atom is -0.350 e. The molecule has 0 fully saturated rings. The third-order valence-corrected chi connectivity index (χ3v) is 13.4. The molecule has 0 unspecified atom stereocenters. The molecule has 0 bridgehead atoms. The number of carbonyl (C=O) groups is 9. The Kier molecular flexibility index (Phi) is 31.0. The monoisotopic (exact) mass is 1200 g/mol. The van der Waals surface area contributed by atoms with E-state index in [2.05, 4.69) is 5.32 Å². The molecule has 7 aromatic rings. The van der Waals surface area contributed by atoms with Crippen LogP contribution in [-0.4, -0.2) is 103 Å². The van der Waals surface area contributed by atoms with E-state index in [1.165, 1.54) is 21.6 Å². The Hall–Kier alpha value is -8.91. The zero-order valence-electron chi connectivity index (χ0n) is 55.9. The largest absolute Gasteiger partial charge is 0.350 e. The summed E-state index contributed by atoms with van der Waals surface area (Å²) in [4.78, 5) is 113. The second kappa shape index (κ2) is 36.3. The van der Waals surface area contributed by atoms with Gasteiger partial charge in [-0.15, -0.1) is 0 Å². The summed E-state index contributed by atoms with van der Waals surface area (Å²) in [5.74, 6) is -1.24. The van der Waals surface area contributed by atoms with Gasteiger partial charge in [0.05, 0.1) is 27.8 Å². The van der Waals surface area contributed by atoms with Gasteiger partial charge in [0.15, 0.2) is 5.78 Å². The van der Waals surface area contributed by atoms with Crippen LogP contribution in [-0.2, 0) is 6.54 Å². The molecular formula is C74H95N5O9. The second-order valence-electron chi connectivity index (χ2n) is 20.6. The van der Waals surface area contributed by atoms with Gasteiger partial charge in [-0.1, -0.05) is 166 Å². The molecule has 7 aromatic carbocycles. The maximum atomic E-state index is 12.4. The summed E-state index contributed by atoms with van der Waals surface area (Å²) in [6.07, 6.45) is 0. The molecule has 14 nitrogen and oxygen atoms in total. The summed E-state index contributed by atoms with van der Waals surface area (Å²) in [5.41, 5.74) is 6.26. The fraction of sp³-hybridized carbons (Fsp3) is 0.365. The third kappa shape index (κ3) is 17.6. The second-order valence-corrected chi connectivity index (χ2v) is 20.6. The molecule has 88 heavy (non-hydrogen) atoms. The van der Waals surface area contributed by atoms with Gasteiger partial charge in [0.25, 0.3) is 47.3 Å². The molecule has 8 amide bonds. The van der Waals surface area contributed by atoms with Crippen molar-refractivity contribution in [3.05, 3.63) is 201 Å². The number of ketones is 1. The molecular weight excluding hydrogens is 1100 g/mol. The number of amides is 8. The minimum absolute atomic E-state index is 0.0671. The Morgan fingerprint density at radius 1 is 0.352 bits per heavy atom. The first-order valence-corrected chi connectivity index (χ1v) is 31.1.